The first-order valence-corrected chi connectivity index (χ1v) is 8.61. The molecule has 0 aromatic heterocycles. The summed E-state index contributed by atoms with van der Waals surface area (Å²) in [6, 6.07) is 1.21. The van der Waals surface area contributed by atoms with Crippen LogP contribution in [0.3, 0.4) is 0 Å². The quantitative estimate of drug-likeness (QED) is 0.606. The zero-order chi connectivity index (χ0) is 16.5. The van der Waals surface area contributed by atoms with E-state index in [1.165, 1.54) is 18.9 Å². The van der Waals surface area contributed by atoms with Crippen LogP contribution in [0, 0.1) is 17.5 Å². The van der Waals surface area contributed by atoms with Gasteiger partial charge in [-0.05, 0) is 12.1 Å². The van der Waals surface area contributed by atoms with Crippen LogP contribution in [-0.2, 0) is 19.6 Å². The fraction of sp³-hybridized carbons (Fsp3) is 0.417. The Kier molecular flexibility index (Phi) is 5.03. The molecule has 0 aliphatic carbocycles. The molecule has 1 aromatic rings. The number of carbonyl (C=O) groups excluding carboxylic acids is 1. The molecule has 0 saturated carbocycles. The Labute approximate surface area is 129 Å². The van der Waals surface area contributed by atoms with Crippen LogP contribution in [0.25, 0.3) is 0 Å². The molecule has 5 nitrogen and oxygen atoms in total. The minimum absolute atomic E-state index is 0.0267. The summed E-state index contributed by atoms with van der Waals surface area (Å²) in [7, 11) is -3.20. The van der Waals surface area contributed by atoms with Gasteiger partial charge in [0.1, 0.15) is 10.1 Å². The molecule has 0 radical (unpaired) electrons. The van der Waals surface area contributed by atoms with Gasteiger partial charge in [0.15, 0.2) is 17.5 Å². The maximum atomic E-state index is 13.7. The van der Waals surface area contributed by atoms with Crippen molar-refractivity contribution in [3.8, 4) is 0 Å². The number of halogens is 3. The number of rotatable bonds is 3. The predicted octanol–water partition coefficient (Wildman–Crippen LogP) is 1.38. The molecule has 0 unspecified atom stereocenters. The largest absolute Gasteiger partial charge is 0.468 e. The molecule has 0 bridgehead atoms. The van der Waals surface area contributed by atoms with Crippen molar-refractivity contribution in [2.45, 2.75) is 10.1 Å². The molecule has 1 aliphatic rings. The van der Waals surface area contributed by atoms with E-state index in [1.54, 1.807) is 0 Å². The fourth-order valence-corrected chi connectivity index (χ4v) is 4.81. The summed E-state index contributed by atoms with van der Waals surface area (Å²) >= 11 is 1.21. The van der Waals surface area contributed by atoms with Crippen LogP contribution in [0.15, 0.2) is 17.0 Å². The molecule has 1 fully saturated rings. The maximum absolute atomic E-state index is 13.7. The topological polar surface area (TPSA) is 63.7 Å². The molecule has 1 heterocycles. The van der Waals surface area contributed by atoms with Crippen LogP contribution >= 0.6 is 11.8 Å². The van der Waals surface area contributed by atoms with E-state index in [-0.39, 0.29) is 13.1 Å². The average molecular weight is 355 g/mol. The molecule has 2 rings (SSSR count). The van der Waals surface area contributed by atoms with Gasteiger partial charge in [0.25, 0.3) is 0 Å². The van der Waals surface area contributed by atoms with Crippen molar-refractivity contribution in [1.82, 2.24) is 4.31 Å². The van der Waals surface area contributed by atoms with Gasteiger partial charge < -0.3 is 4.74 Å². The number of benzene rings is 1. The second-order valence-corrected chi connectivity index (χ2v) is 7.64. The van der Waals surface area contributed by atoms with Gasteiger partial charge in [-0.2, -0.15) is 4.31 Å². The van der Waals surface area contributed by atoms with Gasteiger partial charge in [-0.15, -0.1) is 11.8 Å². The Morgan fingerprint density at radius 1 is 1.32 bits per heavy atom. The lowest BCUT2D eigenvalue weighted by Gasteiger charge is -2.30. The van der Waals surface area contributed by atoms with Crippen LogP contribution in [0.4, 0.5) is 13.2 Å². The molecular formula is C12H12F3NO4S2. The Morgan fingerprint density at radius 2 is 2.00 bits per heavy atom. The number of hydrogen-bond acceptors (Lipinski definition) is 5. The van der Waals surface area contributed by atoms with E-state index in [9.17, 15) is 26.4 Å². The molecule has 1 aromatic carbocycles. The molecule has 0 spiro atoms. The highest BCUT2D eigenvalue weighted by Gasteiger charge is 2.36. The Bertz CT molecular complexity index is 696. The fourth-order valence-electron chi connectivity index (χ4n) is 1.96. The molecule has 10 heteroatoms. The first-order chi connectivity index (χ1) is 10.3. The summed E-state index contributed by atoms with van der Waals surface area (Å²) in [6.07, 6.45) is 0. The van der Waals surface area contributed by atoms with E-state index in [0.717, 1.165) is 4.31 Å². The second-order valence-electron chi connectivity index (χ2n) is 4.42. The molecule has 22 heavy (non-hydrogen) atoms. The van der Waals surface area contributed by atoms with Crippen molar-refractivity contribution in [3.63, 3.8) is 0 Å². The number of ether oxygens (including phenoxy) is 1. The summed E-state index contributed by atoms with van der Waals surface area (Å²) in [5.41, 5.74) is 0. The second kappa shape index (κ2) is 6.47. The highest BCUT2D eigenvalue weighted by atomic mass is 32.2. The molecular weight excluding hydrogens is 343 g/mol. The van der Waals surface area contributed by atoms with E-state index in [1.807, 2.05) is 0 Å². The zero-order valence-corrected chi connectivity index (χ0v) is 13.0. The van der Waals surface area contributed by atoms with Crippen molar-refractivity contribution in [2.24, 2.45) is 0 Å². The molecule has 1 atom stereocenters. The first-order valence-electron chi connectivity index (χ1n) is 6.12. The molecule has 0 amide bonds. The van der Waals surface area contributed by atoms with E-state index in [2.05, 4.69) is 4.74 Å². The summed E-state index contributed by atoms with van der Waals surface area (Å²) in [4.78, 5) is 10.5. The highest BCUT2D eigenvalue weighted by molar-refractivity contribution is 8.00. The minimum Gasteiger partial charge on any atom is -0.468 e. The molecule has 0 N–H and O–H groups in total. The smallest absolute Gasteiger partial charge is 0.320 e. The van der Waals surface area contributed by atoms with Gasteiger partial charge in [-0.1, -0.05) is 0 Å². The number of hydrogen-bond donors (Lipinski definition) is 0. The van der Waals surface area contributed by atoms with Crippen LogP contribution in [0.1, 0.15) is 0 Å². The van der Waals surface area contributed by atoms with Gasteiger partial charge >= 0.3 is 5.97 Å². The van der Waals surface area contributed by atoms with Crippen molar-refractivity contribution in [3.05, 3.63) is 29.6 Å². The first kappa shape index (κ1) is 17.1. The van der Waals surface area contributed by atoms with Crippen LogP contribution < -0.4 is 0 Å². The average Bonchev–Trinajstić information content (AvgIpc) is 2.51. The lowest BCUT2D eigenvalue weighted by atomic mass is 10.3. The van der Waals surface area contributed by atoms with E-state index < -0.39 is 43.6 Å². The normalized spacial score (nSPS) is 19.9. The van der Waals surface area contributed by atoms with E-state index >= 15 is 0 Å². The standard InChI is InChI=1S/C12H12F3NO4S2/c1-20-12(17)8-6-16(4-5-21-8)22(18,19)9-3-2-7(13)10(14)11(9)15/h2-3,8H,4-6H2,1H3/t8-/m0/s1. The molecule has 1 saturated heterocycles. The van der Waals surface area contributed by atoms with E-state index in [0.29, 0.717) is 17.9 Å². The van der Waals surface area contributed by atoms with Crippen LogP contribution in [-0.4, -0.2) is 49.9 Å². The predicted molar refractivity (Wildman–Crippen MR) is 73.3 cm³/mol. The zero-order valence-electron chi connectivity index (χ0n) is 11.4. The van der Waals surface area contributed by atoms with Crippen molar-refractivity contribution < 1.29 is 31.1 Å². The monoisotopic (exact) mass is 355 g/mol. The van der Waals surface area contributed by atoms with Crippen LogP contribution in [0.2, 0.25) is 0 Å². The SMILES string of the molecule is COC(=O)[C@@H]1CN(S(=O)(=O)c2ccc(F)c(F)c2F)CCS1. The number of esters is 1. The van der Waals surface area contributed by atoms with Crippen molar-refractivity contribution >= 4 is 27.8 Å². The number of carbonyl (C=O) groups is 1. The minimum atomic E-state index is -4.38. The van der Waals surface area contributed by atoms with Crippen molar-refractivity contribution in [2.75, 3.05) is 26.0 Å². The molecule has 1 aliphatic heterocycles. The van der Waals surface area contributed by atoms with Gasteiger partial charge in [0.2, 0.25) is 10.0 Å². The van der Waals surface area contributed by atoms with Crippen molar-refractivity contribution in [1.29, 1.82) is 0 Å². The third-order valence-corrected chi connectivity index (χ3v) is 6.16. The Hall–Kier alpha value is -1.26. The number of nitrogens with zero attached hydrogens (tertiary/aromatic N) is 1. The maximum Gasteiger partial charge on any atom is 0.320 e. The highest BCUT2D eigenvalue weighted by Crippen LogP contribution is 2.28. The van der Waals surface area contributed by atoms with Gasteiger partial charge in [0, 0.05) is 18.8 Å². The Balaban J connectivity index is 2.34. The van der Waals surface area contributed by atoms with Crippen LogP contribution in [0.5, 0.6) is 0 Å². The summed E-state index contributed by atoms with van der Waals surface area (Å²) in [5, 5.41) is -0.748. The summed E-state index contributed by atoms with van der Waals surface area (Å²) in [6.45, 7) is -0.197. The van der Waals surface area contributed by atoms with Gasteiger partial charge in [-0.3, -0.25) is 4.79 Å². The number of thioether (sulfide) groups is 1. The van der Waals surface area contributed by atoms with Gasteiger partial charge in [-0.25, -0.2) is 21.6 Å². The lowest BCUT2D eigenvalue weighted by molar-refractivity contribution is -0.140. The lowest BCUT2D eigenvalue weighted by Crippen LogP contribution is -2.45. The molecule has 122 valence electrons. The number of methoxy groups -OCH3 is 1. The Morgan fingerprint density at radius 3 is 2.64 bits per heavy atom. The summed E-state index contributed by atoms with van der Waals surface area (Å²) < 4.78 is 70.0. The van der Waals surface area contributed by atoms with E-state index in [4.69, 9.17) is 0 Å². The van der Waals surface area contributed by atoms with Gasteiger partial charge in [0.05, 0.1) is 7.11 Å². The summed E-state index contributed by atoms with van der Waals surface area (Å²) in [5.74, 6) is -5.40. The number of sulfonamides is 1. The third kappa shape index (κ3) is 3.08. The third-order valence-electron chi connectivity index (χ3n) is 3.11.